The van der Waals surface area contributed by atoms with Gasteiger partial charge in [0.25, 0.3) is 5.91 Å². The first-order valence-corrected chi connectivity index (χ1v) is 8.16. The fourth-order valence-corrected chi connectivity index (χ4v) is 3.14. The first-order valence-electron chi connectivity index (χ1n) is 6.93. The normalized spacial score (nSPS) is 16.2. The molecule has 1 amide bonds. The van der Waals surface area contributed by atoms with Gasteiger partial charge >= 0.3 is 5.88 Å². The molecule has 1 aromatic heterocycles. The van der Waals surface area contributed by atoms with Crippen molar-refractivity contribution in [1.82, 2.24) is 5.01 Å². The lowest BCUT2D eigenvalue weighted by atomic mass is 10.2. The molecular formula is C15H9N3O6S2. The van der Waals surface area contributed by atoms with E-state index in [1.165, 1.54) is 30.3 Å². The van der Waals surface area contributed by atoms with E-state index >= 15 is 0 Å². The van der Waals surface area contributed by atoms with Gasteiger partial charge in [-0.05, 0) is 36.5 Å². The molecule has 1 aliphatic rings. The molecule has 2 heterocycles. The number of nitro groups is 1. The second-order valence-electron chi connectivity index (χ2n) is 4.91. The van der Waals surface area contributed by atoms with E-state index < -0.39 is 16.7 Å². The van der Waals surface area contributed by atoms with Crippen molar-refractivity contribution in [2.75, 3.05) is 0 Å². The van der Waals surface area contributed by atoms with Crippen molar-refractivity contribution in [2.24, 2.45) is 5.10 Å². The number of benzene rings is 1. The smallest absolute Gasteiger partial charge is 0.433 e. The van der Waals surface area contributed by atoms with E-state index in [-0.39, 0.29) is 26.5 Å². The zero-order valence-corrected chi connectivity index (χ0v) is 14.4. The largest absolute Gasteiger partial charge is 0.508 e. The van der Waals surface area contributed by atoms with E-state index in [2.05, 4.69) is 5.10 Å². The van der Waals surface area contributed by atoms with Gasteiger partial charge in [0, 0.05) is 11.6 Å². The maximum atomic E-state index is 12.4. The number of phenolic OH excluding ortho intramolecular Hbond substituents is 2. The van der Waals surface area contributed by atoms with E-state index in [1.54, 1.807) is 0 Å². The minimum absolute atomic E-state index is 0.0888. The molecular weight excluding hydrogens is 382 g/mol. The van der Waals surface area contributed by atoms with Crippen LogP contribution in [-0.2, 0) is 4.79 Å². The summed E-state index contributed by atoms with van der Waals surface area (Å²) >= 11 is 6.08. The number of rotatable bonds is 4. The maximum Gasteiger partial charge on any atom is 0.433 e. The monoisotopic (exact) mass is 391 g/mol. The SMILES string of the molecule is O=C1/C(=C\c2ccc(O)cc2O)SC(=S)N1/N=C/c1ccc([N+](=O)[O-])o1. The second kappa shape index (κ2) is 6.98. The van der Waals surface area contributed by atoms with Crippen LogP contribution >= 0.6 is 24.0 Å². The molecule has 26 heavy (non-hydrogen) atoms. The summed E-state index contributed by atoms with van der Waals surface area (Å²) in [6.45, 7) is 0. The van der Waals surface area contributed by atoms with E-state index in [1.807, 2.05) is 0 Å². The summed E-state index contributed by atoms with van der Waals surface area (Å²) in [6.07, 6.45) is 2.56. The molecule has 0 unspecified atom stereocenters. The molecule has 2 aromatic rings. The van der Waals surface area contributed by atoms with Crippen LogP contribution in [0.3, 0.4) is 0 Å². The van der Waals surface area contributed by atoms with Crippen molar-refractivity contribution in [3.63, 3.8) is 0 Å². The van der Waals surface area contributed by atoms with Crippen LogP contribution in [-0.4, -0.2) is 36.6 Å². The van der Waals surface area contributed by atoms with Crippen LogP contribution < -0.4 is 0 Å². The number of aromatic hydroxyl groups is 2. The first-order chi connectivity index (χ1) is 12.3. The highest BCUT2D eigenvalue weighted by atomic mass is 32.2. The Hall–Kier alpha value is -3.18. The van der Waals surface area contributed by atoms with Crippen molar-refractivity contribution in [3.05, 3.63) is 56.7 Å². The molecule has 0 aliphatic carbocycles. The third-order valence-electron chi connectivity index (χ3n) is 3.17. The maximum absolute atomic E-state index is 12.4. The van der Waals surface area contributed by atoms with Crippen LogP contribution in [0.25, 0.3) is 6.08 Å². The minimum atomic E-state index is -0.691. The van der Waals surface area contributed by atoms with Crippen molar-refractivity contribution >= 4 is 52.4 Å². The number of nitrogens with zero attached hydrogens (tertiary/aromatic N) is 3. The summed E-state index contributed by atoms with van der Waals surface area (Å²) in [4.78, 5) is 22.5. The summed E-state index contributed by atoms with van der Waals surface area (Å²) in [6, 6.07) is 6.47. The summed E-state index contributed by atoms with van der Waals surface area (Å²) < 4.78 is 5.07. The summed E-state index contributed by atoms with van der Waals surface area (Å²) in [5.74, 6) is -1.18. The van der Waals surface area contributed by atoms with Gasteiger partial charge in [0.2, 0.25) is 0 Å². The summed E-state index contributed by atoms with van der Waals surface area (Å²) in [5.41, 5.74) is 0.328. The van der Waals surface area contributed by atoms with Crippen molar-refractivity contribution in [2.45, 2.75) is 0 Å². The highest BCUT2D eigenvalue weighted by Crippen LogP contribution is 2.35. The quantitative estimate of drug-likeness (QED) is 0.268. The molecule has 3 rings (SSSR count). The number of thiocarbonyl (C=S) groups is 1. The third-order valence-corrected chi connectivity index (χ3v) is 4.45. The van der Waals surface area contributed by atoms with Gasteiger partial charge in [0.15, 0.2) is 10.1 Å². The molecule has 2 N–H and O–H groups in total. The molecule has 132 valence electrons. The molecule has 1 aromatic carbocycles. The summed E-state index contributed by atoms with van der Waals surface area (Å²) in [5, 5.41) is 34.5. The molecule has 0 bridgehead atoms. The van der Waals surface area contributed by atoms with Crippen LogP contribution in [0.15, 0.2) is 44.8 Å². The number of hydrogen-bond acceptors (Lipinski definition) is 9. The molecule has 11 heteroatoms. The Bertz CT molecular complexity index is 982. The topological polar surface area (TPSA) is 129 Å². The van der Waals surface area contributed by atoms with Crippen LogP contribution in [0.5, 0.6) is 11.5 Å². The number of hydrogen-bond donors (Lipinski definition) is 2. The number of phenols is 2. The number of amides is 1. The van der Waals surface area contributed by atoms with E-state index in [9.17, 15) is 25.1 Å². The Kier molecular flexibility index (Phi) is 4.73. The first kappa shape index (κ1) is 17.6. The van der Waals surface area contributed by atoms with Gasteiger partial charge in [-0.25, -0.2) is 0 Å². The number of hydrazone groups is 1. The van der Waals surface area contributed by atoms with Gasteiger partial charge in [0.05, 0.1) is 17.2 Å². The van der Waals surface area contributed by atoms with Crippen molar-refractivity contribution in [1.29, 1.82) is 0 Å². The minimum Gasteiger partial charge on any atom is -0.508 e. The Labute approximate surface area is 155 Å². The standard InChI is InChI=1S/C15H9N3O6S2/c19-9-2-1-8(11(20)6-9)5-12-14(21)17(15(25)26-12)16-7-10-3-4-13(24-10)18(22)23/h1-7,19-20H/b12-5+,16-7+. The summed E-state index contributed by atoms with van der Waals surface area (Å²) in [7, 11) is 0. The molecule has 1 saturated heterocycles. The Morgan fingerprint density at radius 3 is 2.73 bits per heavy atom. The molecule has 1 aliphatic heterocycles. The highest BCUT2D eigenvalue weighted by molar-refractivity contribution is 8.26. The fourth-order valence-electron chi connectivity index (χ4n) is 1.98. The lowest BCUT2D eigenvalue weighted by Gasteiger charge is -2.05. The molecule has 9 nitrogen and oxygen atoms in total. The molecule has 0 spiro atoms. The molecule has 1 fully saturated rings. The fraction of sp³-hybridized carbons (Fsp3) is 0. The van der Waals surface area contributed by atoms with Gasteiger partial charge < -0.3 is 14.6 Å². The Morgan fingerprint density at radius 2 is 2.08 bits per heavy atom. The number of carbonyl (C=O) groups excluding carboxylic acids is 1. The van der Waals surface area contributed by atoms with Crippen LogP contribution in [0.1, 0.15) is 11.3 Å². The van der Waals surface area contributed by atoms with Gasteiger partial charge in [-0.15, -0.1) is 0 Å². The number of thioether (sulfide) groups is 1. The predicted molar refractivity (Wildman–Crippen MR) is 97.7 cm³/mol. The highest BCUT2D eigenvalue weighted by Gasteiger charge is 2.32. The zero-order chi connectivity index (χ0) is 18.8. The van der Waals surface area contributed by atoms with Crippen LogP contribution in [0.4, 0.5) is 5.88 Å². The molecule has 0 radical (unpaired) electrons. The predicted octanol–water partition coefficient (Wildman–Crippen LogP) is 2.83. The van der Waals surface area contributed by atoms with Gasteiger partial charge in [-0.2, -0.15) is 10.1 Å². The molecule has 0 atom stereocenters. The van der Waals surface area contributed by atoms with Crippen LogP contribution in [0, 0.1) is 10.1 Å². The average molecular weight is 391 g/mol. The van der Waals surface area contributed by atoms with E-state index in [0.29, 0.717) is 5.56 Å². The Balaban J connectivity index is 1.81. The number of furan rings is 1. The second-order valence-corrected chi connectivity index (χ2v) is 6.59. The van der Waals surface area contributed by atoms with Gasteiger partial charge in [0.1, 0.15) is 16.4 Å². The molecule has 0 saturated carbocycles. The van der Waals surface area contributed by atoms with Crippen LogP contribution in [0.2, 0.25) is 0 Å². The van der Waals surface area contributed by atoms with Gasteiger partial charge in [-0.1, -0.05) is 11.8 Å². The zero-order valence-electron chi connectivity index (χ0n) is 12.7. The Morgan fingerprint density at radius 1 is 1.31 bits per heavy atom. The van der Waals surface area contributed by atoms with E-state index in [4.69, 9.17) is 16.6 Å². The third kappa shape index (κ3) is 3.58. The average Bonchev–Trinajstić information content (AvgIpc) is 3.14. The van der Waals surface area contributed by atoms with E-state index in [0.717, 1.165) is 29.1 Å². The number of carbonyl (C=O) groups is 1. The van der Waals surface area contributed by atoms with Crippen molar-refractivity contribution in [3.8, 4) is 11.5 Å². The van der Waals surface area contributed by atoms with Gasteiger partial charge in [-0.3, -0.25) is 14.9 Å². The lowest BCUT2D eigenvalue weighted by molar-refractivity contribution is -0.402. The lowest BCUT2D eigenvalue weighted by Crippen LogP contribution is -2.22. The van der Waals surface area contributed by atoms with Crippen molar-refractivity contribution < 1.29 is 24.3 Å².